The van der Waals surface area contributed by atoms with Crippen molar-refractivity contribution in [3.8, 4) is 0 Å². The van der Waals surface area contributed by atoms with Crippen molar-refractivity contribution in [3.63, 3.8) is 0 Å². The van der Waals surface area contributed by atoms with E-state index in [2.05, 4.69) is 19.2 Å². The maximum atomic E-state index is 12.8. The normalized spacial score (nSPS) is 31.3. The van der Waals surface area contributed by atoms with Crippen LogP contribution < -0.4 is 5.32 Å². The number of amides is 2. The van der Waals surface area contributed by atoms with E-state index in [0.29, 0.717) is 5.92 Å². The van der Waals surface area contributed by atoms with E-state index in [0.717, 1.165) is 24.3 Å². The summed E-state index contributed by atoms with van der Waals surface area (Å²) in [4.78, 5) is 27.2. The van der Waals surface area contributed by atoms with Crippen molar-refractivity contribution in [2.75, 3.05) is 11.5 Å². The third kappa shape index (κ3) is 3.13. The van der Waals surface area contributed by atoms with Crippen LogP contribution in [0.2, 0.25) is 0 Å². The maximum Gasteiger partial charge on any atom is 0.246 e. The summed E-state index contributed by atoms with van der Waals surface area (Å²) in [5, 5.41) is 2.95. The van der Waals surface area contributed by atoms with Crippen LogP contribution >= 0.6 is 11.8 Å². The molecule has 0 aliphatic carbocycles. The van der Waals surface area contributed by atoms with E-state index in [9.17, 15) is 9.59 Å². The van der Waals surface area contributed by atoms with Gasteiger partial charge < -0.3 is 10.2 Å². The predicted molar refractivity (Wildman–Crippen MR) is 82.6 cm³/mol. The molecule has 2 amide bonds. The number of rotatable bonds is 4. The minimum Gasteiger partial charge on any atom is -0.342 e. The van der Waals surface area contributed by atoms with Crippen molar-refractivity contribution in [2.45, 2.75) is 58.7 Å². The van der Waals surface area contributed by atoms with Gasteiger partial charge in [0.15, 0.2) is 0 Å². The lowest BCUT2D eigenvalue weighted by Gasteiger charge is -2.44. The molecule has 5 heteroatoms. The van der Waals surface area contributed by atoms with Crippen molar-refractivity contribution >= 4 is 23.6 Å². The zero-order chi connectivity index (χ0) is 14.9. The molecule has 0 radical (unpaired) electrons. The number of hydrogen-bond donors (Lipinski definition) is 1. The molecule has 2 aliphatic rings. The summed E-state index contributed by atoms with van der Waals surface area (Å²) in [6.45, 7) is 8.22. The SMILES string of the molecule is CC(C)CC1NC(=O)C(C(C)C)N(C2CCSC2)C1=O. The van der Waals surface area contributed by atoms with E-state index in [4.69, 9.17) is 0 Å². The van der Waals surface area contributed by atoms with Gasteiger partial charge in [0.25, 0.3) is 0 Å². The smallest absolute Gasteiger partial charge is 0.246 e. The quantitative estimate of drug-likeness (QED) is 0.862. The molecule has 0 aromatic rings. The Morgan fingerprint density at radius 2 is 2.00 bits per heavy atom. The Balaban J connectivity index is 2.23. The first-order valence-electron chi connectivity index (χ1n) is 7.62. The van der Waals surface area contributed by atoms with Gasteiger partial charge in [-0.3, -0.25) is 9.59 Å². The number of nitrogens with one attached hydrogen (secondary N) is 1. The largest absolute Gasteiger partial charge is 0.342 e. The summed E-state index contributed by atoms with van der Waals surface area (Å²) in [6.07, 6.45) is 1.74. The van der Waals surface area contributed by atoms with E-state index in [1.54, 1.807) is 0 Å². The minimum absolute atomic E-state index is 0.0298. The van der Waals surface area contributed by atoms with Crippen molar-refractivity contribution in [3.05, 3.63) is 0 Å². The zero-order valence-electron chi connectivity index (χ0n) is 12.9. The summed E-state index contributed by atoms with van der Waals surface area (Å²) < 4.78 is 0. The van der Waals surface area contributed by atoms with Crippen LogP contribution in [0.4, 0.5) is 0 Å². The van der Waals surface area contributed by atoms with Crippen LogP contribution in [0, 0.1) is 11.8 Å². The molecule has 2 heterocycles. The fourth-order valence-corrected chi connectivity index (χ4v) is 4.37. The topological polar surface area (TPSA) is 49.4 Å². The van der Waals surface area contributed by atoms with Crippen molar-refractivity contribution < 1.29 is 9.59 Å². The molecule has 2 fully saturated rings. The van der Waals surface area contributed by atoms with Gasteiger partial charge in [-0.15, -0.1) is 0 Å². The van der Waals surface area contributed by atoms with Crippen LogP contribution in [0.5, 0.6) is 0 Å². The van der Waals surface area contributed by atoms with E-state index < -0.39 is 0 Å². The minimum atomic E-state index is -0.330. The molecule has 3 atom stereocenters. The summed E-state index contributed by atoms with van der Waals surface area (Å²) in [5.41, 5.74) is 0. The predicted octanol–water partition coefficient (Wildman–Crippen LogP) is 1.89. The number of thioether (sulfide) groups is 1. The van der Waals surface area contributed by atoms with E-state index in [1.807, 2.05) is 30.5 Å². The van der Waals surface area contributed by atoms with Gasteiger partial charge >= 0.3 is 0 Å². The van der Waals surface area contributed by atoms with Crippen molar-refractivity contribution in [1.29, 1.82) is 0 Å². The number of hydrogen-bond acceptors (Lipinski definition) is 3. The Labute approximate surface area is 126 Å². The lowest BCUT2D eigenvalue weighted by atomic mass is 9.92. The van der Waals surface area contributed by atoms with E-state index in [1.165, 1.54) is 0 Å². The van der Waals surface area contributed by atoms with Gasteiger partial charge in [-0.05, 0) is 30.4 Å². The van der Waals surface area contributed by atoms with Gasteiger partial charge in [-0.25, -0.2) is 0 Å². The standard InChI is InChI=1S/C15H26N2O2S/c1-9(2)7-12-15(19)17(11-5-6-20-8-11)13(10(3)4)14(18)16-12/h9-13H,5-8H2,1-4H3,(H,16,18). The van der Waals surface area contributed by atoms with Crippen LogP contribution in [-0.4, -0.2) is 46.3 Å². The number of carbonyl (C=O) groups excluding carboxylic acids is 2. The summed E-state index contributed by atoms with van der Waals surface area (Å²) in [7, 11) is 0. The molecule has 2 aliphatic heterocycles. The van der Waals surface area contributed by atoms with Gasteiger partial charge in [-0.2, -0.15) is 11.8 Å². The monoisotopic (exact) mass is 298 g/mol. The highest BCUT2D eigenvalue weighted by atomic mass is 32.2. The van der Waals surface area contributed by atoms with Gasteiger partial charge in [0.1, 0.15) is 12.1 Å². The second-order valence-corrected chi connectivity index (χ2v) is 7.79. The van der Waals surface area contributed by atoms with E-state index >= 15 is 0 Å². The number of piperazine rings is 1. The highest BCUT2D eigenvalue weighted by molar-refractivity contribution is 7.99. The van der Waals surface area contributed by atoms with Crippen molar-refractivity contribution in [1.82, 2.24) is 10.2 Å². The first-order chi connectivity index (χ1) is 9.41. The molecule has 1 N–H and O–H groups in total. The fourth-order valence-electron chi connectivity index (χ4n) is 3.17. The molecule has 0 bridgehead atoms. The molecule has 0 spiro atoms. The highest BCUT2D eigenvalue weighted by Crippen LogP contribution is 2.29. The second kappa shape index (κ2) is 6.37. The summed E-state index contributed by atoms with van der Waals surface area (Å²) >= 11 is 1.88. The van der Waals surface area contributed by atoms with Crippen LogP contribution in [0.1, 0.15) is 40.5 Å². The third-order valence-corrected chi connectivity index (χ3v) is 5.22. The average molecular weight is 298 g/mol. The molecule has 2 rings (SSSR count). The Morgan fingerprint density at radius 3 is 2.50 bits per heavy atom. The molecule has 0 aromatic carbocycles. The fraction of sp³-hybridized carbons (Fsp3) is 0.867. The zero-order valence-corrected chi connectivity index (χ0v) is 13.7. The number of carbonyl (C=O) groups is 2. The molecule has 0 saturated carbocycles. The Kier molecular flexibility index (Phi) is 4.99. The van der Waals surface area contributed by atoms with Crippen LogP contribution in [0.3, 0.4) is 0 Å². The number of nitrogens with zero attached hydrogens (tertiary/aromatic N) is 1. The summed E-state index contributed by atoms with van der Waals surface area (Å²) in [6, 6.07) is -0.390. The second-order valence-electron chi connectivity index (χ2n) is 6.64. The molecular formula is C15H26N2O2S. The molecule has 0 aromatic heterocycles. The maximum absolute atomic E-state index is 12.8. The van der Waals surface area contributed by atoms with Crippen molar-refractivity contribution in [2.24, 2.45) is 11.8 Å². The van der Waals surface area contributed by atoms with E-state index in [-0.39, 0.29) is 35.9 Å². The van der Waals surface area contributed by atoms with Gasteiger partial charge in [-0.1, -0.05) is 27.7 Å². The van der Waals surface area contributed by atoms with Crippen LogP contribution in [0.15, 0.2) is 0 Å². The lowest BCUT2D eigenvalue weighted by molar-refractivity contribution is -0.154. The Bertz CT molecular complexity index is 378. The van der Waals surface area contributed by atoms with Gasteiger partial charge in [0.2, 0.25) is 11.8 Å². The van der Waals surface area contributed by atoms with Gasteiger partial charge in [0.05, 0.1) is 0 Å². The molecule has 20 heavy (non-hydrogen) atoms. The molecular weight excluding hydrogens is 272 g/mol. The average Bonchev–Trinajstić information content (AvgIpc) is 2.85. The third-order valence-electron chi connectivity index (χ3n) is 4.08. The first-order valence-corrected chi connectivity index (χ1v) is 8.77. The van der Waals surface area contributed by atoms with Gasteiger partial charge in [0, 0.05) is 11.8 Å². The molecule has 114 valence electrons. The summed E-state index contributed by atoms with van der Waals surface area (Å²) in [5.74, 6) is 2.78. The first kappa shape index (κ1) is 15.7. The molecule has 4 nitrogen and oxygen atoms in total. The Hall–Kier alpha value is -0.710. The Morgan fingerprint density at radius 1 is 1.30 bits per heavy atom. The lowest BCUT2D eigenvalue weighted by Crippen LogP contribution is -2.67. The van der Waals surface area contributed by atoms with Crippen LogP contribution in [-0.2, 0) is 9.59 Å². The molecule has 2 saturated heterocycles. The highest BCUT2D eigenvalue weighted by Gasteiger charge is 2.45. The van der Waals surface area contributed by atoms with Crippen LogP contribution in [0.25, 0.3) is 0 Å². The molecule has 3 unspecified atom stereocenters.